The lowest BCUT2D eigenvalue weighted by molar-refractivity contribution is -0.384. The Morgan fingerprint density at radius 1 is 0.844 bits per heavy atom. The number of fused-ring (bicyclic) bond motifs is 2. The number of piperazine rings is 1. The number of pyridine rings is 1. The van der Waals surface area contributed by atoms with E-state index in [4.69, 9.17) is 25.8 Å². The number of piperidine rings is 1. The van der Waals surface area contributed by atoms with Crippen molar-refractivity contribution < 1.29 is 51.5 Å². The molecule has 0 spiro atoms. The molecule has 7 heterocycles. The predicted molar refractivity (Wildman–Crippen MR) is 336 cm³/mol. The number of sulfonamides is 1. The van der Waals surface area contributed by atoms with Gasteiger partial charge in [0.15, 0.2) is 0 Å². The number of anilines is 2. The summed E-state index contributed by atoms with van der Waals surface area (Å²) in [6, 6.07) is 29.9. The lowest BCUT2D eigenvalue weighted by atomic mass is 9.97. The molecule has 464 valence electrons. The van der Waals surface area contributed by atoms with E-state index in [9.17, 15) is 42.5 Å². The molecule has 2 aromatic heterocycles. The fraction of sp³-hybridized carbons (Fsp3) is 0.333. The summed E-state index contributed by atoms with van der Waals surface area (Å²) in [5, 5.41) is 18.9. The monoisotopic (exact) mass is 1260 g/mol. The maximum Gasteiger partial charge on any atom is 0.293 e. The molecular formula is C66H65ClN10O12S. The third-order valence-electron chi connectivity index (χ3n) is 17.1. The SMILES string of the molecule is O=C1CCC(N2C(=O)c3cccc(C#CCCCCN4CC(COc5cccc(-c6ccc(Cl)cc6)c5CN5CCN(c6ccc(C(=O)NS(=O)(=O)c7ccc(NCC8CCOCC8)c([N+](=O)[O-])c7)c(Oc7cnc8[nH]ccc8c7)c6)CC5)C4)c3C2=O)C(=O)N1. The molecule has 5 aliphatic heterocycles. The molecule has 22 nitrogen and oxygen atoms in total. The highest BCUT2D eigenvalue weighted by Crippen LogP contribution is 2.37. The van der Waals surface area contributed by atoms with E-state index in [1.807, 2.05) is 42.5 Å². The van der Waals surface area contributed by atoms with Gasteiger partial charge in [-0.1, -0.05) is 53.8 Å². The van der Waals surface area contributed by atoms with Crippen molar-refractivity contribution in [2.24, 2.45) is 11.8 Å². The fourth-order valence-corrected chi connectivity index (χ4v) is 13.3. The first-order valence-electron chi connectivity index (χ1n) is 30.1. The Bertz CT molecular complexity index is 4110. The Morgan fingerprint density at radius 3 is 2.42 bits per heavy atom. The Hall–Kier alpha value is -9.18. The van der Waals surface area contributed by atoms with Crippen LogP contribution in [0.5, 0.6) is 17.2 Å². The molecule has 12 rings (SSSR count). The summed E-state index contributed by atoms with van der Waals surface area (Å²) in [5.74, 6) is 4.83. The van der Waals surface area contributed by atoms with E-state index in [0.29, 0.717) is 93.4 Å². The highest BCUT2D eigenvalue weighted by atomic mass is 35.5. The zero-order chi connectivity index (χ0) is 62.5. The van der Waals surface area contributed by atoms with Crippen LogP contribution in [-0.4, -0.2) is 146 Å². The molecule has 4 fully saturated rings. The number of nitrogens with one attached hydrogen (secondary N) is 4. The second kappa shape index (κ2) is 26.9. The number of aromatic nitrogens is 2. The van der Waals surface area contributed by atoms with E-state index in [0.717, 1.165) is 89.8 Å². The molecule has 0 radical (unpaired) electrons. The molecule has 1 unspecified atom stereocenters. The lowest BCUT2D eigenvalue weighted by Crippen LogP contribution is -2.54. The Morgan fingerprint density at radius 2 is 1.63 bits per heavy atom. The minimum Gasteiger partial charge on any atom is -0.493 e. The molecule has 0 aliphatic carbocycles. The topological polar surface area (TPSA) is 268 Å². The number of rotatable bonds is 21. The van der Waals surface area contributed by atoms with Crippen molar-refractivity contribution in [1.82, 2.24) is 34.7 Å². The molecule has 0 saturated carbocycles. The predicted octanol–water partition coefficient (Wildman–Crippen LogP) is 8.80. The summed E-state index contributed by atoms with van der Waals surface area (Å²) in [7, 11) is -4.63. The molecular weight excluding hydrogens is 1190 g/mol. The Labute approximate surface area is 524 Å². The van der Waals surface area contributed by atoms with Crippen LogP contribution in [0.3, 0.4) is 0 Å². The first kappa shape index (κ1) is 61.1. The van der Waals surface area contributed by atoms with Crippen LogP contribution in [0.25, 0.3) is 22.2 Å². The quantitative estimate of drug-likeness (QED) is 0.0172. The number of imide groups is 2. The van der Waals surface area contributed by atoms with Gasteiger partial charge >= 0.3 is 0 Å². The average Bonchev–Trinajstić information content (AvgIpc) is 1.76. The number of H-pyrrole nitrogens is 1. The summed E-state index contributed by atoms with van der Waals surface area (Å²) >= 11 is 6.36. The number of amides is 5. The number of halogens is 1. The van der Waals surface area contributed by atoms with Gasteiger partial charge in [0.05, 0.1) is 39.3 Å². The van der Waals surface area contributed by atoms with E-state index in [1.54, 1.807) is 42.6 Å². The highest BCUT2D eigenvalue weighted by Gasteiger charge is 2.45. The van der Waals surface area contributed by atoms with Crippen molar-refractivity contribution >= 4 is 79.3 Å². The zero-order valence-corrected chi connectivity index (χ0v) is 50.7. The van der Waals surface area contributed by atoms with Crippen LogP contribution in [0, 0.1) is 33.8 Å². The van der Waals surface area contributed by atoms with E-state index in [-0.39, 0.29) is 46.9 Å². The number of carbonyl (C=O) groups excluding carboxylic acids is 5. The van der Waals surface area contributed by atoms with Crippen LogP contribution < -0.4 is 29.7 Å². The van der Waals surface area contributed by atoms with Crippen molar-refractivity contribution in [3.05, 3.63) is 165 Å². The maximum absolute atomic E-state index is 14.1. The molecule has 90 heavy (non-hydrogen) atoms. The lowest BCUT2D eigenvalue weighted by Gasteiger charge is -2.39. The molecule has 0 bridgehead atoms. The minimum atomic E-state index is -4.63. The molecule has 7 aromatic rings. The van der Waals surface area contributed by atoms with Gasteiger partial charge in [-0.05, 0) is 122 Å². The molecule has 5 amide bonds. The van der Waals surface area contributed by atoms with E-state index >= 15 is 0 Å². The number of ether oxygens (including phenoxy) is 3. The third-order valence-corrected chi connectivity index (χ3v) is 18.7. The number of nitro benzene ring substituents is 1. The van der Waals surface area contributed by atoms with Gasteiger partial charge in [-0.15, -0.1) is 0 Å². The van der Waals surface area contributed by atoms with Gasteiger partial charge in [-0.3, -0.25) is 49.2 Å². The van der Waals surface area contributed by atoms with Crippen LogP contribution in [0.1, 0.15) is 87.1 Å². The summed E-state index contributed by atoms with van der Waals surface area (Å²) in [5.41, 5.74) is 4.94. The molecule has 5 aliphatic rings. The van der Waals surface area contributed by atoms with E-state index in [1.165, 1.54) is 24.4 Å². The van der Waals surface area contributed by atoms with Crippen LogP contribution in [-0.2, 0) is 30.9 Å². The van der Waals surface area contributed by atoms with Gasteiger partial charge < -0.3 is 34.3 Å². The zero-order valence-electron chi connectivity index (χ0n) is 49.1. The number of unbranched alkanes of at least 4 members (excludes halogenated alkanes) is 2. The van der Waals surface area contributed by atoms with Gasteiger partial charge in [-0.2, -0.15) is 0 Å². The highest BCUT2D eigenvalue weighted by molar-refractivity contribution is 7.90. The molecule has 24 heteroatoms. The summed E-state index contributed by atoms with van der Waals surface area (Å²) in [6.45, 7) is 8.02. The van der Waals surface area contributed by atoms with Crippen LogP contribution in [0.15, 0.2) is 126 Å². The van der Waals surface area contributed by atoms with Crippen molar-refractivity contribution in [3.63, 3.8) is 0 Å². The number of nitro groups is 1. The summed E-state index contributed by atoms with van der Waals surface area (Å²) in [6.07, 6.45) is 7.34. The number of hydrogen-bond acceptors (Lipinski definition) is 17. The van der Waals surface area contributed by atoms with Crippen molar-refractivity contribution in [3.8, 4) is 40.2 Å². The van der Waals surface area contributed by atoms with Crippen molar-refractivity contribution in [2.45, 2.75) is 62.4 Å². The number of benzene rings is 5. The maximum atomic E-state index is 14.1. The van der Waals surface area contributed by atoms with Gasteiger partial charge in [0.1, 0.15) is 34.6 Å². The fourth-order valence-electron chi connectivity index (χ4n) is 12.2. The first-order valence-corrected chi connectivity index (χ1v) is 31.9. The van der Waals surface area contributed by atoms with Crippen molar-refractivity contribution in [2.75, 3.05) is 82.4 Å². The number of hydrogen-bond donors (Lipinski definition) is 4. The Balaban J connectivity index is 0.670. The molecule has 4 saturated heterocycles. The van der Waals surface area contributed by atoms with Gasteiger partial charge in [0, 0.05) is 130 Å². The van der Waals surface area contributed by atoms with E-state index < -0.39 is 61.1 Å². The van der Waals surface area contributed by atoms with Gasteiger partial charge in [0.2, 0.25) is 11.8 Å². The standard InChI is InChI=1S/C66H65ClN10O12S/c67-47-14-12-44(13-15-47)51-9-6-11-58(88-41-43-38-74(39-43)26-4-2-1-3-7-45-8-5-10-53-61(45)66(82)76(65(53)81)56-20-21-60(78)71-64(56)80)54(51)40-73-27-29-75(30-28-73)48-16-18-52(59(34-48)89-49-33-46-22-25-68-62(46)70-37-49)63(79)72-90(85,86)50-17-19-55(57(35-50)77(83)84)69-36-42-23-31-87-32-24-42/h5-6,8-19,22,25,33-35,37,42-43,56,69H,1-2,4,20-21,23-24,26-32,36,38-41H2,(H,68,70)(H,72,79)(H,71,78,80). The average molecular weight is 1260 g/mol. The van der Waals surface area contributed by atoms with Crippen LogP contribution in [0.2, 0.25) is 5.02 Å². The summed E-state index contributed by atoms with van der Waals surface area (Å²) < 4.78 is 48.4. The van der Waals surface area contributed by atoms with Crippen LogP contribution >= 0.6 is 11.6 Å². The van der Waals surface area contributed by atoms with E-state index in [2.05, 4.69) is 57.9 Å². The normalized spacial score (nSPS) is 17.5. The molecule has 4 N–H and O–H groups in total. The molecule has 5 aromatic carbocycles. The second-order valence-electron chi connectivity index (χ2n) is 23.1. The third kappa shape index (κ3) is 13.7. The smallest absolute Gasteiger partial charge is 0.293 e. The molecule has 1 atom stereocenters. The minimum absolute atomic E-state index is 0.0468. The number of nitrogens with zero attached hydrogens (tertiary/aromatic N) is 6. The number of aromatic amines is 1. The first-order chi connectivity index (χ1) is 43.6. The number of likely N-dealkylation sites (tertiary alicyclic amines) is 1. The second-order valence-corrected chi connectivity index (χ2v) is 25.2. The largest absolute Gasteiger partial charge is 0.493 e. The number of carbonyl (C=O) groups is 5. The van der Waals surface area contributed by atoms with Gasteiger partial charge in [0.25, 0.3) is 33.4 Å². The van der Waals surface area contributed by atoms with Gasteiger partial charge in [-0.25, -0.2) is 18.1 Å². The Kier molecular flexibility index (Phi) is 18.2. The summed E-state index contributed by atoms with van der Waals surface area (Å²) in [4.78, 5) is 91.7. The van der Waals surface area contributed by atoms with Crippen LogP contribution in [0.4, 0.5) is 17.1 Å². The van der Waals surface area contributed by atoms with Crippen molar-refractivity contribution in [1.29, 1.82) is 0 Å².